The number of ether oxygens (including phenoxy) is 1. The Labute approximate surface area is 140 Å². The van der Waals surface area contributed by atoms with Gasteiger partial charge in [-0.2, -0.15) is 0 Å². The van der Waals surface area contributed by atoms with Crippen molar-refractivity contribution in [1.29, 1.82) is 0 Å². The van der Waals surface area contributed by atoms with Crippen molar-refractivity contribution in [2.45, 2.75) is 33.7 Å². The maximum absolute atomic E-state index is 5.28. The first-order chi connectivity index (χ1) is 11.0. The highest BCUT2D eigenvalue weighted by molar-refractivity contribution is 5.58. The predicted molar refractivity (Wildman–Crippen MR) is 99.1 cm³/mol. The first-order valence-electron chi connectivity index (χ1n) is 8.13. The smallest absolute Gasteiger partial charge is 0.119 e. The highest BCUT2D eigenvalue weighted by Crippen LogP contribution is 2.19. The summed E-state index contributed by atoms with van der Waals surface area (Å²) in [5, 5.41) is 3.53. The van der Waals surface area contributed by atoms with Gasteiger partial charge in [-0.15, -0.1) is 0 Å². The van der Waals surface area contributed by atoms with Gasteiger partial charge in [0.25, 0.3) is 0 Å². The van der Waals surface area contributed by atoms with E-state index in [2.05, 4.69) is 69.4 Å². The Kier molecular flexibility index (Phi) is 6.00. The molecule has 0 aliphatic carbocycles. The largest absolute Gasteiger partial charge is 0.497 e. The van der Waals surface area contributed by atoms with Gasteiger partial charge < -0.3 is 10.1 Å². The quantitative estimate of drug-likeness (QED) is 0.812. The highest BCUT2D eigenvalue weighted by Gasteiger charge is 2.05. The van der Waals surface area contributed by atoms with Gasteiger partial charge >= 0.3 is 0 Å². The molecule has 2 heteroatoms. The van der Waals surface area contributed by atoms with Crippen LogP contribution < -0.4 is 10.1 Å². The third-order valence-electron chi connectivity index (χ3n) is 4.16. The van der Waals surface area contributed by atoms with Gasteiger partial charge in [-0.3, -0.25) is 0 Å². The molecule has 0 saturated heterocycles. The van der Waals surface area contributed by atoms with Crippen molar-refractivity contribution in [2.75, 3.05) is 13.7 Å². The molecular formula is C21H27NO. The molecule has 0 radical (unpaired) electrons. The predicted octanol–water partition coefficient (Wildman–Crippen LogP) is 4.98. The molecule has 2 nitrogen and oxygen atoms in total. The minimum Gasteiger partial charge on any atom is -0.497 e. The minimum atomic E-state index is 0.287. The summed E-state index contributed by atoms with van der Waals surface area (Å²) in [6, 6.07) is 13.0. The van der Waals surface area contributed by atoms with Crippen molar-refractivity contribution in [3.8, 4) is 5.75 Å². The molecule has 0 aliphatic heterocycles. The summed E-state index contributed by atoms with van der Waals surface area (Å²) in [6.45, 7) is 9.50. The molecule has 2 aromatic rings. The Morgan fingerprint density at radius 2 is 1.78 bits per heavy atom. The fourth-order valence-electron chi connectivity index (χ4n) is 2.90. The number of nitrogens with one attached hydrogen (secondary N) is 1. The van der Waals surface area contributed by atoms with Crippen LogP contribution in [0.3, 0.4) is 0 Å². The van der Waals surface area contributed by atoms with Crippen LogP contribution in [0.5, 0.6) is 5.75 Å². The first kappa shape index (κ1) is 17.3. The van der Waals surface area contributed by atoms with E-state index in [0.29, 0.717) is 0 Å². The minimum absolute atomic E-state index is 0.287. The van der Waals surface area contributed by atoms with Crippen molar-refractivity contribution in [1.82, 2.24) is 5.32 Å². The van der Waals surface area contributed by atoms with E-state index < -0.39 is 0 Å². The lowest BCUT2D eigenvalue weighted by Crippen LogP contribution is -2.18. The summed E-state index contributed by atoms with van der Waals surface area (Å²) in [6.07, 6.45) is 4.41. The van der Waals surface area contributed by atoms with E-state index in [1.165, 1.54) is 27.8 Å². The van der Waals surface area contributed by atoms with Crippen molar-refractivity contribution < 1.29 is 4.74 Å². The van der Waals surface area contributed by atoms with E-state index in [-0.39, 0.29) is 6.04 Å². The molecule has 2 rings (SSSR count). The second kappa shape index (κ2) is 7.98. The van der Waals surface area contributed by atoms with Gasteiger partial charge in [0.05, 0.1) is 7.11 Å². The van der Waals surface area contributed by atoms with Crippen molar-refractivity contribution in [3.63, 3.8) is 0 Å². The van der Waals surface area contributed by atoms with Crippen molar-refractivity contribution >= 4 is 6.08 Å². The zero-order valence-electron chi connectivity index (χ0n) is 14.8. The van der Waals surface area contributed by atoms with Crippen LogP contribution in [0, 0.1) is 20.8 Å². The number of hydrogen-bond donors (Lipinski definition) is 1. The Bertz CT molecular complexity index is 665. The summed E-state index contributed by atoms with van der Waals surface area (Å²) < 4.78 is 5.28. The maximum atomic E-state index is 5.28. The average molecular weight is 309 g/mol. The molecule has 0 fully saturated rings. The van der Waals surface area contributed by atoms with E-state index >= 15 is 0 Å². The second-order valence-corrected chi connectivity index (χ2v) is 6.12. The van der Waals surface area contributed by atoms with Crippen LogP contribution in [0.2, 0.25) is 0 Å². The molecule has 0 aliphatic rings. The summed E-state index contributed by atoms with van der Waals surface area (Å²) in [7, 11) is 1.70. The van der Waals surface area contributed by atoms with Crippen LogP contribution in [0.4, 0.5) is 0 Å². The number of rotatable bonds is 6. The number of hydrogen-bond acceptors (Lipinski definition) is 2. The zero-order valence-corrected chi connectivity index (χ0v) is 14.8. The monoisotopic (exact) mass is 309 g/mol. The SMILES string of the molecule is COc1cccc([C@@H](C)NCC=Cc2c(C)cc(C)cc2C)c1. The van der Waals surface area contributed by atoms with E-state index in [1.54, 1.807) is 7.11 Å². The van der Waals surface area contributed by atoms with Crippen LogP contribution in [0.15, 0.2) is 42.5 Å². The Balaban J connectivity index is 1.96. The van der Waals surface area contributed by atoms with Crippen LogP contribution >= 0.6 is 0 Å². The summed E-state index contributed by atoms with van der Waals surface area (Å²) in [5.74, 6) is 0.901. The molecule has 0 bridgehead atoms. The van der Waals surface area contributed by atoms with E-state index in [0.717, 1.165) is 12.3 Å². The maximum Gasteiger partial charge on any atom is 0.119 e. The van der Waals surface area contributed by atoms with Gasteiger partial charge in [0.2, 0.25) is 0 Å². The van der Waals surface area contributed by atoms with Gasteiger partial charge in [-0.1, -0.05) is 42.0 Å². The summed E-state index contributed by atoms with van der Waals surface area (Å²) in [5.41, 5.74) is 6.55. The molecular weight excluding hydrogens is 282 g/mol. The van der Waals surface area contributed by atoms with Gasteiger partial charge in [0.1, 0.15) is 5.75 Å². The molecule has 0 saturated carbocycles. The number of aryl methyl sites for hydroxylation is 3. The molecule has 0 amide bonds. The first-order valence-corrected chi connectivity index (χ1v) is 8.13. The lowest BCUT2D eigenvalue weighted by molar-refractivity contribution is 0.413. The standard InChI is InChI=1S/C21H27NO/c1-15-12-16(2)21(17(3)13-15)10-7-11-22-18(4)19-8-6-9-20(14-19)23-5/h6-10,12-14,18,22H,11H2,1-5H3/t18-/m1/s1. The lowest BCUT2D eigenvalue weighted by Gasteiger charge is -2.14. The van der Waals surface area contributed by atoms with Crippen molar-refractivity contribution in [3.05, 3.63) is 70.3 Å². The average Bonchev–Trinajstić information content (AvgIpc) is 2.53. The zero-order chi connectivity index (χ0) is 16.8. The Hall–Kier alpha value is -2.06. The molecule has 1 N–H and O–H groups in total. The Morgan fingerprint density at radius 3 is 2.43 bits per heavy atom. The number of benzene rings is 2. The molecule has 0 aromatic heterocycles. The van der Waals surface area contributed by atoms with Gasteiger partial charge in [0.15, 0.2) is 0 Å². The van der Waals surface area contributed by atoms with E-state index in [4.69, 9.17) is 4.74 Å². The topological polar surface area (TPSA) is 21.3 Å². The third kappa shape index (κ3) is 4.70. The fourth-order valence-corrected chi connectivity index (χ4v) is 2.90. The molecule has 1 atom stereocenters. The fraction of sp³-hybridized carbons (Fsp3) is 0.333. The normalized spacial score (nSPS) is 12.6. The molecule has 0 spiro atoms. The third-order valence-corrected chi connectivity index (χ3v) is 4.16. The molecule has 2 aromatic carbocycles. The van der Waals surface area contributed by atoms with Crippen LogP contribution in [-0.2, 0) is 0 Å². The van der Waals surface area contributed by atoms with Crippen LogP contribution in [0.1, 0.15) is 40.8 Å². The molecule has 0 heterocycles. The van der Waals surface area contributed by atoms with Gasteiger partial charge in [0, 0.05) is 12.6 Å². The highest BCUT2D eigenvalue weighted by atomic mass is 16.5. The van der Waals surface area contributed by atoms with Crippen molar-refractivity contribution in [2.24, 2.45) is 0 Å². The Morgan fingerprint density at radius 1 is 1.09 bits per heavy atom. The van der Waals surface area contributed by atoms with Gasteiger partial charge in [-0.25, -0.2) is 0 Å². The second-order valence-electron chi connectivity index (χ2n) is 6.12. The number of methoxy groups -OCH3 is 1. The van der Waals surface area contributed by atoms with Gasteiger partial charge in [-0.05, 0) is 62.1 Å². The van der Waals surface area contributed by atoms with Crippen LogP contribution in [-0.4, -0.2) is 13.7 Å². The lowest BCUT2D eigenvalue weighted by atomic mass is 9.99. The van der Waals surface area contributed by atoms with Crippen LogP contribution in [0.25, 0.3) is 6.08 Å². The molecule has 122 valence electrons. The summed E-state index contributed by atoms with van der Waals surface area (Å²) in [4.78, 5) is 0. The van der Waals surface area contributed by atoms with E-state index in [1.807, 2.05) is 12.1 Å². The molecule has 0 unspecified atom stereocenters. The van der Waals surface area contributed by atoms with E-state index in [9.17, 15) is 0 Å². The molecule has 23 heavy (non-hydrogen) atoms. The summed E-state index contributed by atoms with van der Waals surface area (Å²) >= 11 is 0.